The van der Waals surface area contributed by atoms with Gasteiger partial charge < -0.3 is 4.74 Å². The zero-order valence-electron chi connectivity index (χ0n) is 40.1. The van der Waals surface area contributed by atoms with E-state index in [0.717, 1.165) is 38.8 Å². The first-order valence-electron chi connectivity index (χ1n) is 22.1. The molecule has 2 aromatic heterocycles. The van der Waals surface area contributed by atoms with Gasteiger partial charge in [-0.3, -0.25) is 14.6 Å². The highest BCUT2D eigenvalue weighted by molar-refractivity contribution is 6.33. The lowest BCUT2D eigenvalue weighted by atomic mass is 9.84. The Hall–Kier alpha value is -5.42. The maximum Gasteiger partial charge on any atom is 0.400 e. The Morgan fingerprint density at radius 1 is 0.563 bits per heavy atom. The van der Waals surface area contributed by atoms with E-state index in [-0.39, 0.29) is 66.0 Å². The Kier molecular flexibility index (Phi) is 17.9. The third-order valence-electron chi connectivity index (χ3n) is 11.9. The van der Waals surface area contributed by atoms with E-state index in [1.807, 2.05) is 39.8 Å². The number of aryl methyl sites for hydroxylation is 2. The van der Waals surface area contributed by atoms with E-state index in [1.54, 1.807) is 60.7 Å². The van der Waals surface area contributed by atoms with Gasteiger partial charge in [-0.25, -0.2) is 14.8 Å². The van der Waals surface area contributed by atoms with Crippen LogP contribution in [0.3, 0.4) is 0 Å². The molecule has 1 N–H and O–H groups in total. The zero-order valence-corrected chi connectivity index (χ0v) is 43.1. The molecule has 0 aliphatic heterocycles. The molecule has 0 fully saturated rings. The van der Waals surface area contributed by atoms with Crippen LogP contribution in [-0.4, -0.2) is 60.9 Å². The van der Waals surface area contributed by atoms with Crippen LogP contribution in [0.1, 0.15) is 102 Å². The van der Waals surface area contributed by atoms with Gasteiger partial charge in [-0.2, -0.15) is 41.3 Å². The summed E-state index contributed by atoms with van der Waals surface area (Å²) >= 11 is 25.4. The number of Topliss-reactive ketones (excluding diaryl/α,β-unsaturated/α-hetero) is 2. The van der Waals surface area contributed by atoms with E-state index in [9.17, 15) is 40.7 Å². The number of carbonyl (C=O) groups excluding carboxylic acids is 2. The fourth-order valence-corrected chi connectivity index (χ4v) is 7.94. The summed E-state index contributed by atoms with van der Waals surface area (Å²) in [7, 11) is 1.43. The maximum atomic E-state index is 13.2. The lowest BCUT2D eigenvalue weighted by Gasteiger charge is -2.26. The molecule has 71 heavy (non-hydrogen) atoms. The van der Waals surface area contributed by atoms with Gasteiger partial charge in [0.15, 0.2) is 17.5 Å². The van der Waals surface area contributed by atoms with Crippen LogP contribution in [-0.2, 0) is 22.4 Å². The lowest BCUT2D eigenvalue weighted by Crippen LogP contribution is -2.39. The highest BCUT2D eigenvalue weighted by Crippen LogP contribution is 2.41. The number of nitrogens with zero attached hydrogens (tertiary/aromatic N) is 5. The van der Waals surface area contributed by atoms with Crippen LogP contribution >= 0.6 is 46.4 Å². The summed E-state index contributed by atoms with van der Waals surface area (Å²) in [4.78, 5) is 61.1. The smallest absolute Gasteiger partial charge is 0.400 e. The Labute approximate surface area is 427 Å². The molecule has 2 heterocycles. The van der Waals surface area contributed by atoms with E-state index in [4.69, 9.17) is 51.1 Å². The maximum absolute atomic E-state index is 13.2. The number of nitrogens with one attached hydrogen (secondary N) is 1. The molecule has 20 heteroatoms. The first-order chi connectivity index (χ1) is 32.9. The second-order valence-electron chi connectivity index (χ2n) is 18.3. The van der Waals surface area contributed by atoms with Gasteiger partial charge in [0.25, 0.3) is 0 Å². The Morgan fingerprint density at radius 2 is 0.972 bits per heavy atom. The molecule has 0 bridgehead atoms. The van der Waals surface area contributed by atoms with Crippen LogP contribution in [0.25, 0.3) is 45.6 Å². The Morgan fingerprint density at radius 3 is 1.41 bits per heavy atom. The minimum atomic E-state index is -4.64. The van der Waals surface area contributed by atoms with Crippen molar-refractivity contribution < 1.29 is 40.7 Å². The van der Waals surface area contributed by atoms with Crippen molar-refractivity contribution in [1.29, 1.82) is 0 Å². The predicted octanol–water partition coefficient (Wildman–Crippen LogP) is 14.8. The van der Waals surface area contributed by atoms with Crippen LogP contribution in [0.2, 0.25) is 20.1 Å². The van der Waals surface area contributed by atoms with E-state index in [1.165, 1.54) is 7.11 Å². The van der Waals surface area contributed by atoms with Gasteiger partial charge in [0.05, 0.1) is 17.2 Å². The lowest BCUT2D eigenvalue weighted by molar-refractivity contribution is -0.211. The number of hydrogen-bond acceptors (Lipinski definition) is 9. The zero-order chi connectivity index (χ0) is 53.0. The third kappa shape index (κ3) is 13.6. The van der Waals surface area contributed by atoms with Crippen molar-refractivity contribution in [3.05, 3.63) is 126 Å². The van der Waals surface area contributed by atoms with E-state index in [2.05, 4.69) is 29.9 Å². The molecule has 6 rings (SSSR count). The van der Waals surface area contributed by atoms with Crippen LogP contribution in [0.5, 0.6) is 6.01 Å². The van der Waals surface area contributed by atoms with Gasteiger partial charge in [-0.1, -0.05) is 86.2 Å². The summed E-state index contributed by atoms with van der Waals surface area (Å²) in [6.45, 7) is 11.5. The number of ether oxygens (including phenoxy) is 1. The van der Waals surface area contributed by atoms with Gasteiger partial charge in [0.1, 0.15) is 28.2 Å². The van der Waals surface area contributed by atoms with Crippen molar-refractivity contribution in [2.75, 3.05) is 7.11 Å². The number of ketones is 2. The van der Waals surface area contributed by atoms with Gasteiger partial charge in [-0.05, 0) is 135 Å². The number of aromatic amines is 1. The number of H-pyrrole nitrogens is 1. The second-order valence-corrected chi connectivity index (χ2v) is 19.9. The second kappa shape index (κ2) is 22.6. The monoisotopic (exact) mass is 1060 g/mol. The number of carbonyl (C=O) groups is 2. The van der Waals surface area contributed by atoms with Gasteiger partial charge in [0, 0.05) is 45.1 Å². The molecule has 0 saturated heterocycles. The SMILES string of the molecule is CC(C)c1cc(-c2nc(-c3cc(CCC(=O)C(C)(C)C(F)(F)F)ccc3Cl)[nH]c(=O)n2)ccc1Cl.COc1nc(-c2ccc(Cl)c(C(C)C)c2)nc(-c2cc(CCC(=O)C(C)(C)C(F)(F)F)ccc2Cl)n1. The quantitative estimate of drug-likeness (QED) is 0.0995. The highest BCUT2D eigenvalue weighted by Gasteiger charge is 2.52. The predicted molar refractivity (Wildman–Crippen MR) is 265 cm³/mol. The molecule has 6 aromatic rings. The summed E-state index contributed by atoms with van der Waals surface area (Å²) < 4.78 is 84.4. The molecule has 378 valence electrons. The Bertz CT molecular complexity index is 2990. The molecule has 10 nitrogen and oxygen atoms in total. The summed E-state index contributed by atoms with van der Waals surface area (Å²) in [5.74, 6) is -0.592. The molecule has 0 aliphatic rings. The van der Waals surface area contributed by atoms with Crippen molar-refractivity contribution >= 4 is 58.0 Å². The van der Waals surface area contributed by atoms with Crippen LogP contribution in [0.4, 0.5) is 26.3 Å². The van der Waals surface area contributed by atoms with Crippen molar-refractivity contribution in [2.45, 2.75) is 105 Å². The number of benzene rings is 4. The third-order valence-corrected chi connectivity index (χ3v) is 13.2. The van der Waals surface area contributed by atoms with Crippen LogP contribution < -0.4 is 10.4 Å². The van der Waals surface area contributed by atoms with Gasteiger partial charge >= 0.3 is 24.1 Å². The molecule has 0 spiro atoms. The fraction of sp³-hybridized carbons (Fsp3) is 0.373. The number of methoxy groups -OCH3 is 1. The number of rotatable bonds is 15. The molecule has 0 atom stereocenters. The van der Waals surface area contributed by atoms with Crippen LogP contribution in [0, 0.1) is 10.8 Å². The van der Waals surface area contributed by atoms with E-state index < -0.39 is 40.4 Å². The molecule has 0 amide bonds. The van der Waals surface area contributed by atoms with Crippen molar-refractivity contribution in [2.24, 2.45) is 10.8 Å². The molecule has 0 aliphatic carbocycles. The number of alkyl halides is 6. The summed E-state index contributed by atoms with van der Waals surface area (Å²) in [6.07, 6.45) is -9.66. The first kappa shape index (κ1) is 56.5. The number of halogens is 10. The minimum absolute atomic E-state index is 0.0691. The average Bonchev–Trinajstić information content (AvgIpc) is 3.29. The van der Waals surface area contributed by atoms with E-state index >= 15 is 0 Å². The number of hydrogen-bond donors (Lipinski definition) is 1. The average molecular weight is 1070 g/mol. The Balaban J connectivity index is 0.000000264. The summed E-state index contributed by atoms with van der Waals surface area (Å²) in [5.41, 5.74) is -0.399. The fourth-order valence-electron chi connectivity index (χ4n) is 6.85. The standard InChI is InChI=1S/C26H26Cl2F3N3O2.C25H24Cl2F3N3O2/c1-14(2)17-13-16(8-10-19(17)27)22-32-23(34-24(33-22)36-5)18-12-15(6-9-20(18)28)7-11-21(35)25(3,4)26(29,30)31;1-13(2)16-12-15(7-9-18(16)26)21-31-22(33-23(35)32-21)17-11-14(5-8-19(17)27)6-10-20(34)24(3,4)25(28,29)30/h6,8-10,12-14H,7,11H2,1-5H3;5,7-9,11-13H,6,10H2,1-4H3,(H,31,32,33,35). The van der Waals surface area contributed by atoms with Crippen molar-refractivity contribution in [1.82, 2.24) is 29.9 Å². The van der Waals surface area contributed by atoms with Crippen LogP contribution in [0.15, 0.2) is 77.6 Å². The van der Waals surface area contributed by atoms with E-state index in [0.29, 0.717) is 54.3 Å². The van der Waals surface area contributed by atoms with Crippen molar-refractivity contribution in [3.63, 3.8) is 0 Å². The molecule has 0 unspecified atom stereocenters. The molecular weight excluding hydrogens is 1020 g/mol. The normalized spacial score (nSPS) is 12.2. The minimum Gasteiger partial charge on any atom is -0.467 e. The molecular formula is C51H50Cl4F6N6O4. The summed E-state index contributed by atoms with van der Waals surface area (Å²) in [5, 5.41) is 1.83. The molecule has 0 saturated carbocycles. The van der Waals surface area contributed by atoms with Gasteiger partial charge in [0.2, 0.25) is 0 Å². The molecule has 0 radical (unpaired) electrons. The first-order valence-corrected chi connectivity index (χ1v) is 23.6. The topological polar surface area (TPSA) is 141 Å². The molecule has 4 aromatic carbocycles. The van der Waals surface area contributed by atoms with Crippen molar-refractivity contribution in [3.8, 4) is 51.6 Å². The van der Waals surface area contributed by atoms with Gasteiger partial charge in [-0.15, -0.1) is 0 Å². The largest absolute Gasteiger partial charge is 0.467 e. The highest BCUT2D eigenvalue weighted by atomic mass is 35.5. The number of aromatic nitrogens is 6. The summed E-state index contributed by atoms with van der Waals surface area (Å²) in [6, 6.07) is 20.5.